The van der Waals surface area contributed by atoms with Crippen LogP contribution in [0.3, 0.4) is 0 Å². The van der Waals surface area contributed by atoms with Crippen LogP contribution in [0.5, 0.6) is 5.75 Å². The number of benzene rings is 1. The van der Waals surface area contributed by atoms with Gasteiger partial charge in [0.15, 0.2) is 0 Å². The lowest BCUT2D eigenvalue weighted by Gasteiger charge is -2.64. The molecule has 1 N–H and O–H groups in total. The number of carboxylic acids is 1. The summed E-state index contributed by atoms with van der Waals surface area (Å²) in [4.78, 5) is 11.8. The molecule has 4 saturated carbocycles. The van der Waals surface area contributed by atoms with E-state index in [1.165, 1.54) is 12.0 Å². The Morgan fingerprint density at radius 3 is 2.55 bits per heavy atom. The van der Waals surface area contributed by atoms with Gasteiger partial charge in [-0.15, -0.1) is 0 Å². The predicted molar refractivity (Wildman–Crippen MR) is 84.0 cm³/mol. The van der Waals surface area contributed by atoms with Crippen LogP contribution in [0.4, 0.5) is 0 Å². The van der Waals surface area contributed by atoms with E-state index in [1.54, 1.807) is 7.11 Å². The van der Waals surface area contributed by atoms with Gasteiger partial charge in [0.05, 0.1) is 13.0 Å². The van der Waals surface area contributed by atoms with Gasteiger partial charge in [-0.05, 0) is 72.5 Å². The lowest BCUT2D eigenvalue weighted by molar-refractivity contribution is -0.170. The molecule has 5 atom stereocenters. The molecular weight excluding hydrogens is 276 g/mol. The van der Waals surface area contributed by atoms with Crippen molar-refractivity contribution in [2.45, 2.75) is 44.4 Å². The molecule has 0 aliphatic heterocycles. The highest BCUT2D eigenvalue weighted by atomic mass is 16.5. The number of ether oxygens (including phenoxy) is 1. The van der Waals surface area contributed by atoms with E-state index < -0.39 is 5.97 Å². The maximum atomic E-state index is 11.8. The highest BCUT2D eigenvalue weighted by Crippen LogP contribution is 2.67. The van der Waals surface area contributed by atoms with Crippen molar-refractivity contribution >= 4 is 5.97 Å². The van der Waals surface area contributed by atoms with Gasteiger partial charge in [-0.1, -0.05) is 19.1 Å². The zero-order valence-electron chi connectivity index (χ0n) is 13.3. The van der Waals surface area contributed by atoms with Crippen molar-refractivity contribution in [2.24, 2.45) is 23.2 Å². The van der Waals surface area contributed by atoms with Crippen LogP contribution in [0.2, 0.25) is 0 Å². The van der Waals surface area contributed by atoms with Crippen molar-refractivity contribution in [3.05, 3.63) is 29.8 Å². The number of hydrogen-bond donors (Lipinski definition) is 1. The summed E-state index contributed by atoms with van der Waals surface area (Å²) in [6, 6.07) is 8.49. The lowest BCUT2D eigenvalue weighted by Crippen LogP contribution is -2.59. The minimum absolute atomic E-state index is 0.0319. The van der Waals surface area contributed by atoms with Crippen LogP contribution >= 0.6 is 0 Å². The number of aliphatic carboxylic acids is 1. The van der Waals surface area contributed by atoms with Crippen molar-refractivity contribution in [3.63, 3.8) is 0 Å². The summed E-state index contributed by atoms with van der Waals surface area (Å²) in [5, 5.41) is 9.72. The molecule has 0 aromatic heterocycles. The van der Waals surface area contributed by atoms with E-state index in [9.17, 15) is 9.90 Å². The molecule has 1 aromatic carbocycles. The van der Waals surface area contributed by atoms with E-state index >= 15 is 0 Å². The quantitative estimate of drug-likeness (QED) is 0.922. The summed E-state index contributed by atoms with van der Waals surface area (Å²) in [6.45, 7) is 2.22. The van der Waals surface area contributed by atoms with Gasteiger partial charge in [-0.25, -0.2) is 0 Å². The van der Waals surface area contributed by atoms with Gasteiger partial charge in [0, 0.05) is 0 Å². The largest absolute Gasteiger partial charge is 0.497 e. The maximum absolute atomic E-state index is 11.8. The summed E-state index contributed by atoms with van der Waals surface area (Å²) in [6.07, 6.45) is 5.51. The minimum Gasteiger partial charge on any atom is -0.497 e. The summed E-state index contributed by atoms with van der Waals surface area (Å²) >= 11 is 0. The molecule has 1 unspecified atom stereocenters. The Labute approximate surface area is 131 Å². The average molecular weight is 300 g/mol. The fourth-order valence-corrected chi connectivity index (χ4v) is 6.38. The first-order valence-electron chi connectivity index (χ1n) is 8.33. The fourth-order valence-electron chi connectivity index (χ4n) is 6.38. The molecule has 3 heteroatoms. The molecule has 0 amide bonds. The predicted octanol–water partition coefficient (Wildman–Crippen LogP) is 3.86. The Balaban J connectivity index is 1.73. The summed E-state index contributed by atoms with van der Waals surface area (Å²) < 4.78 is 5.28. The highest BCUT2D eigenvalue weighted by Gasteiger charge is 2.62. The second kappa shape index (κ2) is 4.50. The van der Waals surface area contributed by atoms with Crippen LogP contribution in [-0.2, 0) is 10.2 Å². The first-order chi connectivity index (χ1) is 10.5. The van der Waals surface area contributed by atoms with Gasteiger partial charge in [0.2, 0.25) is 0 Å². The van der Waals surface area contributed by atoms with Gasteiger partial charge in [-0.3, -0.25) is 4.79 Å². The molecule has 0 spiro atoms. The number of rotatable bonds is 3. The molecule has 4 aliphatic carbocycles. The smallest absolute Gasteiger partial charge is 0.307 e. The van der Waals surface area contributed by atoms with Gasteiger partial charge in [0.25, 0.3) is 0 Å². The topological polar surface area (TPSA) is 46.5 Å². The summed E-state index contributed by atoms with van der Waals surface area (Å²) in [5.74, 6) is 1.23. The van der Waals surface area contributed by atoms with E-state index in [0.717, 1.165) is 31.4 Å². The number of methoxy groups -OCH3 is 1. The SMILES string of the molecule is COc1ccc([C@@]23C[C@H]4C[C@@H](C2)C(C(=O)O)[C@](C)(C4)C3)cc1. The first kappa shape index (κ1) is 14.1. The second-order valence-electron chi connectivity index (χ2n) is 8.13. The van der Waals surface area contributed by atoms with Crippen molar-refractivity contribution in [1.82, 2.24) is 0 Å². The Bertz CT molecular complexity index is 608. The van der Waals surface area contributed by atoms with Gasteiger partial charge in [-0.2, -0.15) is 0 Å². The number of hydrogen-bond acceptors (Lipinski definition) is 2. The van der Waals surface area contributed by atoms with Gasteiger partial charge < -0.3 is 9.84 Å². The summed E-state index contributed by atoms with van der Waals surface area (Å²) in [7, 11) is 1.69. The average Bonchev–Trinajstić information content (AvgIpc) is 2.44. The zero-order valence-corrected chi connectivity index (χ0v) is 13.3. The third-order valence-electron chi connectivity index (χ3n) is 6.66. The molecule has 0 radical (unpaired) electrons. The zero-order chi connectivity index (χ0) is 15.5. The van der Waals surface area contributed by atoms with Crippen LogP contribution in [0.15, 0.2) is 24.3 Å². The Kier molecular flexibility index (Phi) is 2.88. The number of carbonyl (C=O) groups is 1. The van der Waals surface area contributed by atoms with E-state index in [0.29, 0.717) is 11.8 Å². The van der Waals surface area contributed by atoms with Crippen molar-refractivity contribution < 1.29 is 14.6 Å². The van der Waals surface area contributed by atoms with Crippen LogP contribution in [0, 0.1) is 23.2 Å². The molecule has 4 fully saturated rings. The third kappa shape index (κ3) is 1.84. The number of carboxylic acid groups (broad SMARTS) is 1. The van der Waals surface area contributed by atoms with Crippen LogP contribution < -0.4 is 4.74 Å². The van der Waals surface area contributed by atoms with E-state index in [2.05, 4.69) is 19.1 Å². The van der Waals surface area contributed by atoms with Crippen molar-refractivity contribution in [1.29, 1.82) is 0 Å². The monoisotopic (exact) mass is 300 g/mol. The molecule has 4 aliphatic rings. The van der Waals surface area contributed by atoms with Crippen LogP contribution in [-0.4, -0.2) is 18.2 Å². The van der Waals surface area contributed by atoms with E-state index in [1.807, 2.05) is 12.1 Å². The third-order valence-corrected chi connectivity index (χ3v) is 6.66. The molecule has 22 heavy (non-hydrogen) atoms. The van der Waals surface area contributed by atoms with Gasteiger partial charge in [0.1, 0.15) is 5.75 Å². The maximum Gasteiger partial charge on any atom is 0.307 e. The fraction of sp³-hybridized carbons (Fsp3) is 0.632. The molecule has 4 bridgehead atoms. The molecule has 118 valence electrons. The first-order valence-corrected chi connectivity index (χ1v) is 8.33. The van der Waals surface area contributed by atoms with Crippen molar-refractivity contribution in [3.8, 4) is 5.75 Å². The van der Waals surface area contributed by atoms with Crippen LogP contribution in [0.25, 0.3) is 0 Å². The molecule has 1 aromatic rings. The molecular formula is C19H24O3. The van der Waals surface area contributed by atoms with E-state index in [-0.39, 0.29) is 16.7 Å². The summed E-state index contributed by atoms with van der Waals surface area (Å²) in [5.41, 5.74) is 1.55. The second-order valence-corrected chi connectivity index (χ2v) is 8.13. The highest BCUT2D eigenvalue weighted by molar-refractivity contribution is 5.72. The Morgan fingerprint density at radius 2 is 1.95 bits per heavy atom. The van der Waals surface area contributed by atoms with Crippen molar-refractivity contribution in [2.75, 3.05) is 7.11 Å². The standard InChI is InChI=1S/C19H24O3/c1-18-8-12-7-13(16(18)17(20)21)10-19(9-12,11-18)14-3-5-15(22-2)6-4-14/h3-6,12-13,16H,7-11H2,1-2H3,(H,20,21)/t12-,13-,16?,18+,19-/m0/s1. The minimum atomic E-state index is -0.573. The van der Waals surface area contributed by atoms with Gasteiger partial charge >= 0.3 is 5.97 Å². The molecule has 3 nitrogen and oxygen atoms in total. The molecule has 0 saturated heterocycles. The van der Waals surface area contributed by atoms with Crippen LogP contribution in [0.1, 0.15) is 44.6 Å². The van der Waals surface area contributed by atoms with E-state index in [4.69, 9.17) is 4.74 Å². The Hall–Kier alpha value is -1.51. The molecule has 5 rings (SSSR count). The lowest BCUT2D eigenvalue weighted by atomic mass is 9.40. The normalized spacial score (nSPS) is 42.4. The Morgan fingerprint density at radius 1 is 1.23 bits per heavy atom. The molecule has 0 heterocycles.